The van der Waals surface area contributed by atoms with Crippen LogP contribution in [0.4, 0.5) is 0 Å². The summed E-state index contributed by atoms with van der Waals surface area (Å²) < 4.78 is 0. The number of hydrogen-bond acceptors (Lipinski definition) is 1. The molecule has 8 saturated carbocycles. The van der Waals surface area contributed by atoms with Gasteiger partial charge in [-0.15, -0.1) is 0 Å². The van der Waals surface area contributed by atoms with Crippen LogP contribution in [0.2, 0.25) is 0 Å². The Morgan fingerprint density at radius 3 is 1.23 bits per heavy atom. The molecule has 0 spiro atoms. The lowest BCUT2D eigenvalue weighted by Gasteiger charge is -2.60. The number of phenolic OH excluding ortho intramolecular Hbond substituents is 1. The molecular formula is C34H50O. The van der Waals surface area contributed by atoms with Crippen molar-refractivity contribution in [1.29, 1.82) is 0 Å². The lowest BCUT2D eigenvalue weighted by atomic mass is 9.44. The summed E-state index contributed by atoms with van der Waals surface area (Å²) in [5, 5.41) is 11.4. The molecule has 0 aliphatic heterocycles. The highest BCUT2D eigenvalue weighted by atomic mass is 16.3. The SMILES string of the molecule is CC(C)(C)CC(C)(C)c1c(C23CC4CC(CC(C4)C2)C3)cc(O)cc1C12CC3CC(CC(C3)C1)C2. The molecule has 0 aromatic heterocycles. The highest BCUT2D eigenvalue weighted by Crippen LogP contribution is 2.66. The summed E-state index contributed by atoms with van der Waals surface area (Å²) >= 11 is 0. The lowest BCUT2D eigenvalue weighted by molar-refractivity contribution is -0.0104. The minimum Gasteiger partial charge on any atom is -0.508 e. The van der Waals surface area contributed by atoms with Gasteiger partial charge in [-0.05, 0) is 169 Å². The molecule has 1 aromatic carbocycles. The molecule has 1 nitrogen and oxygen atoms in total. The Balaban J connectivity index is 1.44. The van der Waals surface area contributed by atoms with Crippen molar-refractivity contribution >= 4 is 0 Å². The average Bonchev–Trinajstić information content (AvgIpc) is 2.69. The van der Waals surface area contributed by atoms with Gasteiger partial charge in [0.15, 0.2) is 0 Å². The van der Waals surface area contributed by atoms with Crippen molar-refractivity contribution in [2.75, 3.05) is 0 Å². The van der Waals surface area contributed by atoms with Gasteiger partial charge in [0.05, 0.1) is 0 Å². The molecule has 0 saturated heterocycles. The molecule has 0 amide bonds. The standard InChI is InChI=1S/C34H50O/c1-31(2,3)20-32(4,5)30-28(33-14-21-6-22(15-33)8-23(7-21)16-33)12-27(35)13-29(30)34-17-24-9-25(18-34)11-26(10-24)19-34/h12-13,21-26,35H,6-11,14-20H2,1-5H3. The second kappa shape index (κ2) is 7.32. The van der Waals surface area contributed by atoms with Crippen LogP contribution >= 0.6 is 0 Å². The molecule has 8 bridgehead atoms. The summed E-state index contributed by atoms with van der Waals surface area (Å²) in [6.45, 7) is 12.4. The van der Waals surface area contributed by atoms with Crippen LogP contribution in [0.25, 0.3) is 0 Å². The quantitative estimate of drug-likeness (QED) is 0.461. The second-order valence-corrected chi connectivity index (χ2v) is 16.9. The molecule has 0 atom stereocenters. The Hall–Kier alpha value is -0.980. The summed E-state index contributed by atoms with van der Waals surface area (Å²) in [5.74, 6) is 6.19. The van der Waals surface area contributed by atoms with Gasteiger partial charge >= 0.3 is 0 Å². The van der Waals surface area contributed by atoms with Crippen LogP contribution in [0, 0.1) is 40.9 Å². The predicted octanol–water partition coefficient (Wildman–Crippen LogP) is 9.04. The van der Waals surface area contributed by atoms with Crippen LogP contribution in [0.5, 0.6) is 5.75 Å². The number of aromatic hydroxyl groups is 1. The van der Waals surface area contributed by atoms with E-state index in [1.807, 2.05) is 0 Å². The molecule has 8 fully saturated rings. The minimum absolute atomic E-state index is 0.128. The topological polar surface area (TPSA) is 20.2 Å². The highest BCUT2D eigenvalue weighted by molar-refractivity contribution is 5.54. The fourth-order valence-corrected chi connectivity index (χ4v) is 12.5. The van der Waals surface area contributed by atoms with E-state index < -0.39 is 0 Å². The van der Waals surface area contributed by atoms with E-state index in [0.717, 1.165) is 35.5 Å². The fourth-order valence-electron chi connectivity index (χ4n) is 12.5. The van der Waals surface area contributed by atoms with Crippen molar-refractivity contribution < 1.29 is 5.11 Å². The van der Waals surface area contributed by atoms with Gasteiger partial charge in [-0.25, -0.2) is 0 Å². The molecule has 0 unspecified atom stereocenters. The van der Waals surface area contributed by atoms with Gasteiger partial charge in [0.25, 0.3) is 0 Å². The third-order valence-corrected chi connectivity index (χ3v) is 12.0. The number of rotatable bonds is 4. The van der Waals surface area contributed by atoms with Crippen LogP contribution in [0.1, 0.15) is 135 Å². The molecule has 192 valence electrons. The van der Waals surface area contributed by atoms with Crippen LogP contribution in [0.15, 0.2) is 12.1 Å². The van der Waals surface area contributed by atoms with Crippen molar-refractivity contribution in [2.24, 2.45) is 40.9 Å². The van der Waals surface area contributed by atoms with Crippen molar-refractivity contribution in [1.82, 2.24) is 0 Å². The minimum atomic E-state index is 0.128. The van der Waals surface area contributed by atoms with E-state index >= 15 is 0 Å². The van der Waals surface area contributed by atoms with Gasteiger partial charge in [-0.3, -0.25) is 0 Å². The molecule has 1 heteroatoms. The Morgan fingerprint density at radius 1 is 0.629 bits per heavy atom. The third-order valence-electron chi connectivity index (χ3n) is 12.0. The molecule has 8 aliphatic carbocycles. The second-order valence-electron chi connectivity index (χ2n) is 16.9. The molecule has 0 heterocycles. The number of phenols is 1. The van der Waals surface area contributed by atoms with Crippen LogP contribution in [-0.4, -0.2) is 5.11 Å². The normalized spacial score (nSPS) is 43.8. The summed E-state index contributed by atoms with van der Waals surface area (Å²) in [6.07, 6.45) is 18.5. The van der Waals surface area contributed by atoms with E-state index in [1.165, 1.54) is 83.5 Å². The lowest BCUT2D eigenvalue weighted by Crippen LogP contribution is -2.51. The van der Waals surface area contributed by atoms with E-state index in [1.54, 1.807) is 16.7 Å². The number of hydrogen-bond donors (Lipinski definition) is 1. The van der Waals surface area contributed by atoms with Crippen LogP contribution < -0.4 is 0 Å². The van der Waals surface area contributed by atoms with Crippen LogP contribution in [-0.2, 0) is 16.2 Å². The van der Waals surface area contributed by atoms with Gasteiger partial charge in [0.1, 0.15) is 5.75 Å². The zero-order chi connectivity index (χ0) is 24.4. The Bertz CT molecular complexity index is 884. The highest BCUT2D eigenvalue weighted by Gasteiger charge is 2.56. The Morgan fingerprint density at radius 2 is 0.943 bits per heavy atom. The van der Waals surface area contributed by atoms with Crippen LogP contribution in [0.3, 0.4) is 0 Å². The van der Waals surface area contributed by atoms with E-state index in [2.05, 4.69) is 46.8 Å². The molecule has 1 aromatic rings. The van der Waals surface area contributed by atoms with Crippen molar-refractivity contribution in [3.63, 3.8) is 0 Å². The maximum atomic E-state index is 11.4. The van der Waals surface area contributed by atoms with Gasteiger partial charge in [0, 0.05) is 0 Å². The van der Waals surface area contributed by atoms with Gasteiger partial charge in [-0.2, -0.15) is 0 Å². The van der Waals surface area contributed by atoms with Gasteiger partial charge in [-0.1, -0.05) is 34.6 Å². The van der Waals surface area contributed by atoms with E-state index in [9.17, 15) is 5.11 Å². The maximum absolute atomic E-state index is 11.4. The summed E-state index contributed by atoms with van der Waals surface area (Å²) in [4.78, 5) is 0. The first kappa shape index (κ1) is 23.2. The fraction of sp³-hybridized carbons (Fsp3) is 0.824. The van der Waals surface area contributed by atoms with Gasteiger partial charge < -0.3 is 5.11 Å². The van der Waals surface area contributed by atoms with Crippen molar-refractivity contribution in [3.05, 3.63) is 28.8 Å². The molecular weight excluding hydrogens is 424 g/mol. The maximum Gasteiger partial charge on any atom is 0.116 e. The molecule has 0 radical (unpaired) electrons. The largest absolute Gasteiger partial charge is 0.508 e. The van der Waals surface area contributed by atoms with Gasteiger partial charge in [0.2, 0.25) is 0 Å². The molecule has 35 heavy (non-hydrogen) atoms. The van der Waals surface area contributed by atoms with Crippen molar-refractivity contribution in [2.45, 2.75) is 134 Å². The first-order chi connectivity index (χ1) is 16.4. The summed E-state index contributed by atoms with van der Waals surface area (Å²) in [5.41, 5.74) is 6.04. The van der Waals surface area contributed by atoms with E-state index in [4.69, 9.17) is 0 Å². The zero-order valence-corrected chi connectivity index (χ0v) is 23.3. The molecule has 8 aliphatic rings. The first-order valence-corrected chi connectivity index (χ1v) is 15.3. The summed E-state index contributed by atoms with van der Waals surface area (Å²) in [7, 11) is 0. The Labute approximate surface area is 214 Å². The first-order valence-electron chi connectivity index (χ1n) is 15.3. The third kappa shape index (κ3) is 3.67. The predicted molar refractivity (Wildman–Crippen MR) is 145 cm³/mol. The smallest absolute Gasteiger partial charge is 0.116 e. The average molecular weight is 475 g/mol. The number of benzene rings is 1. The van der Waals surface area contributed by atoms with E-state index in [0.29, 0.717) is 22.0 Å². The molecule has 9 rings (SSSR count). The van der Waals surface area contributed by atoms with E-state index in [-0.39, 0.29) is 5.41 Å². The zero-order valence-electron chi connectivity index (χ0n) is 23.3. The Kier molecular flexibility index (Phi) is 4.84. The molecule has 1 N–H and O–H groups in total. The van der Waals surface area contributed by atoms with Crippen molar-refractivity contribution in [3.8, 4) is 5.75 Å². The monoisotopic (exact) mass is 474 g/mol. The summed E-state index contributed by atoms with van der Waals surface area (Å²) in [6, 6.07) is 4.60.